The van der Waals surface area contributed by atoms with Gasteiger partial charge in [0.15, 0.2) is 5.88 Å². The zero-order chi connectivity index (χ0) is 29.6. The van der Waals surface area contributed by atoms with Gasteiger partial charge in [-0.1, -0.05) is 30.3 Å². The number of hydroxylamine groups is 1. The van der Waals surface area contributed by atoms with Crippen LogP contribution in [0.2, 0.25) is 0 Å². The molecule has 0 aliphatic carbocycles. The molecule has 42 heavy (non-hydrogen) atoms. The van der Waals surface area contributed by atoms with Crippen molar-refractivity contribution >= 4 is 40.1 Å². The van der Waals surface area contributed by atoms with E-state index in [1.807, 2.05) is 41.3 Å². The van der Waals surface area contributed by atoms with Crippen LogP contribution in [-0.2, 0) is 14.4 Å². The lowest BCUT2D eigenvalue weighted by Crippen LogP contribution is -2.48. The van der Waals surface area contributed by atoms with Crippen LogP contribution in [0.1, 0.15) is 37.4 Å². The van der Waals surface area contributed by atoms with Crippen LogP contribution in [0.25, 0.3) is 10.9 Å². The zero-order valence-electron chi connectivity index (χ0n) is 23.3. The Kier molecular flexibility index (Phi) is 8.60. The quantitative estimate of drug-likeness (QED) is 0.105. The average Bonchev–Trinajstić information content (AvgIpc) is 3.32. The number of aryl methyl sites for hydroxylation is 1. The van der Waals surface area contributed by atoms with Crippen molar-refractivity contribution in [2.75, 3.05) is 39.9 Å². The van der Waals surface area contributed by atoms with Crippen molar-refractivity contribution in [3.8, 4) is 5.88 Å². The van der Waals surface area contributed by atoms with Gasteiger partial charge in [-0.3, -0.25) is 19.3 Å². The molecule has 0 radical (unpaired) electrons. The van der Waals surface area contributed by atoms with Crippen molar-refractivity contribution in [3.05, 3.63) is 94.5 Å². The Morgan fingerprint density at radius 2 is 1.83 bits per heavy atom. The van der Waals surface area contributed by atoms with E-state index in [0.717, 1.165) is 12.1 Å². The molecule has 1 aliphatic rings. The highest BCUT2D eigenvalue weighted by atomic mass is 16.7. The molecule has 0 saturated carbocycles. The molecule has 0 bridgehead atoms. The van der Waals surface area contributed by atoms with Crippen molar-refractivity contribution in [2.45, 2.75) is 6.92 Å². The summed E-state index contributed by atoms with van der Waals surface area (Å²) in [4.78, 5) is 51.4. The summed E-state index contributed by atoms with van der Waals surface area (Å²) in [5.41, 5.74) is 6.80. The number of ether oxygens (including phenoxy) is 1. The maximum atomic E-state index is 12.6. The molecule has 1 fully saturated rings. The standard InChI is InChI=1S/C31H31N5O6/c1-19-16-24-25(17-23(19)31(40)41-2)34-30(39)27(24)28(20-6-4-3-5-7-20)33-22-10-8-21(9-11-22)29(38)35-42-15-14-36-13-12-32-26(37)18-36/h3-11,16-17,34,39H,12-15,18H2,1-2H3,(H,32,37)(H,35,38). The first-order chi connectivity index (χ1) is 20.3. The second-order valence-corrected chi connectivity index (χ2v) is 9.83. The van der Waals surface area contributed by atoms with Crippen LogP contribution in [0.3, 0.4) is 0 Å². The Morgan fingerprint density at radius 3 is 2.55 bits per heavy atom. The number of hydrogen-bond donors (Lipinski definition) is 4. The molecular formula is C31H31N5O6. The lowest BCUT2D eigenvalue weighted by Gasteiger charge is -2.25. The van der Waals surface area contributed by atoms with Gasteiger partial charge in [0, 0.05) is 41.7 Å². The highest BCUT2D eigenvalue weighted by Crippen LogP contribution is 2.33. The number of nitrogens with zero attached hydrogens (tertiary/aromatic N) is 2. The minimum Gasteiger partial charge on any atom is -0.494 e. The smallest absolute Gasteiger partial charge is 0.338 e. The number of carbonyl (C=O) groups is 3. The van der Waals surface area contributed by atoms with Gasteiger partial charge in [-0.2, -0.15) is 0 Å². The van der Waals surface area contributed by atoms with E-state index in [1.54, 1.807) is 37.3 Å². The molecule has 2 heterocycles. The second-order valence-electron chi connectivity index (χ2n) is 9.83. The van der Waals surface area contributed by atoms with Gasteiger partial charge in [-0.15, -0.1) is 0 Å². The first kappa shape index (κ1) is 28.5. The summed E-state index contributed by atoms with van der Waals surface area (Å²) in [6, 6.07) is 19.6. The van der Waals surface area contributed by atoms with Gasteiger partial charge < -0.3 is 20.1 Å². The van der Waals surface area contributed by atoms with E-state index in [0.29, 0.717) is 64.2 Å². The van der Waals surface area contributed by atoms with Crippen molar-refractivity contribution in [1.82, 2.24) is 20.7 Å². The summed E-state index contributed by atoms with van der Waals surface area (Å²) in [6.07, 6.45) is 0. The summed E-state index contributed by atoms with van der Waals surface area (Å²) in [5, 5.41) is 14.5. The summed E-state index contributed by atoms with van der Waals surface area (Å²) in [7, 11) is 1.32. The molecule has 2 amide bonds. The molecular weight excluding hydrogens is 538 g/mol. The lowest BCUT2D eigenvalue weighted by atomic mass is 9.98. The molecule has 0 atom stereocenters. The first-order valence-electron chi connectivity index (χ1n) is 13.4. The minimum atomic E-state index is -0.465. The van der Waals surface area contributed by atoms with Gasteiger partial charge in [0.25, 0.3) is 5.91 Å². The van der Waals surface area contributed by atoms with Crippen LogP contribution in [-0.4, -0.2) is 78.4 Å². The molecule has 1 aromatic heterocycles. The van der Waals surface area contributed by atoms with Crippen LogP contribution >= 0.6 is 0 Å². The third-order valence-corrected chi connectivity index (χ3v) is 6.98. The molecule has 4 aromatic rings. The lowest BCUT2D eigenvalue weighted by molar-refractivity contribution is -0.124. The molecule has 11 heteroatoms. The van der Waals surface area contributed by atoms with Gasteiger partial charge in [0.1, 0.15) is 0 Å². The molecule has 0 unspecified atom stereocenters. The Morgan fingerprint density at radius 1 is 1.07 bits per heavy atom. The van der Waals surface area contributed by atoms with E-state index >= 15 is 0 Å². The molecule has 3 aromatic carbocycles. The van der Waals surface area contributed by atoms with Gasteiger partial charge in [0.2, 0.25) is 5.91 Å². The summed E-state index contributed by atoms with van der Waals surface area (Å²) < 4.78 is 4.89. The second kappa shape index (κ2) is 12.7. The van der Waals surface area contributed by atoms with Gasteiger partial charge in [0.05, 0.1) is 42.8 Å². The topological polar surface area (TPSA) is 145 Å². The van der Waals surface area contributed by atoms with Gasteiger partial charge in [-0.05, 0) is 48.9 Å². The van der Waals surface area contributed by atoms with Crippen LogP contribution in [0.5, 0.6) is 5.88 Å². The third-order valence-electron chi connectivity index (χ3n) is 6.98. The maximum Gasteiger partial charge on any atom is 0.338 e. The molecule has 1 saturated heterocycles. The highest BCUT2D eigenvalue weighted by Gasteiger charge is 2.21. The molecule has 216 valence electrons. The number of piperazine rings is 1. The summed E-state index contributed by atoms with van der Waals surface area (Å²) in [6.45, 7) is 4.22. The molecule has 0 spiro atoms. The maximum absolute atomic E-state index is 12.6. The molecule has 1 aliphatic heterocycles. The van der Waals surface area contributed by atoms with E-state index < -0.39 is 11.9 Å². The number of H-pyrrole nitrogens is 1. The zero-order valence-corrected chi connectivity index (χ0v) is 23.3. The van der Waals surface area contributed by atoms with E-state index in [9.17, 15) is 19.5 Å². The fourth-order valence-corrected chi connectivity index (χ4v) is 4.82. The molecule has 11 nitrogen and oxygen atoms in total. The largest absolute Gasteiger partial charge is 0.494 e. The van der Waals surface area contributed by atoms with E-state index in [-0.39, 0.29) is 18.4 Å². The van der Waals surface area contributed by atoms with Crippen molar-refractivity contribution < 1.29 is 29.1 Å². The number of aliphatic imine (C=N–C) groups is 1. The number of amides is 2. The monoisotopic (exact) mass is 569 g/mol. The normalized spacial score (nSPS) is 14.0. The predicted octanol–water partition coefficient (Wildman–Crippen LogP) is 3.23. The van der Waals surface area contributed by atoms with Crippen LogP contribution in [0, 0.1) is 6.92 Å². The van der Waals surface area contributed by atoms with Crippen LogP contribution < -0.4 is 10.8 Å². The number of fused-ring (bicyclic) bond motifs is 1. The first-order valence-corrected chi connectivity index (χ1v) is 13.4. The Bertz CT molecular complexity index is 1650. The Balaban J connectivity index is 1.37. The number of esters is 1. The number of rotatable bonds is 9. The van der Waals surface area contributed by atoms with Crippen LogP contribution in [0.15, 0.2) is 71.7 Å². The number of carbonyl (C=O) groups excluding carboxylic acids is 3. The van der Waals surface area contributed by atoms with Gasteiger partial charge >= 0.3 is 5.97 Å². The highest BCUT2D eigenvalue weighted by molar-refractivity contribution is 6.22. The number of aromatic amines is 1. The van der Waals surface area contributed by atoms with E-state index in [2.05, 4.69) is 15.8 Å². The number of nitrogens with one attached hydrogen (secondary N) is 3. The Hall–Kier alpha value is -5.00. The van der Waals surface area contributed by atoms with Crippen molar-refractivity contribution in [2.24, 2.45) is 4.99 Å². The number of benzene rings is 3. The fourth-order valence-electron chi connectivity index (χ4n) is 4.82. The minimum absolute atomic E-state index is 0.0221. The molecule has 5 rings (SSSR count). The van der Waals surface area contributed by atoms with Crippen molar-refractivity contribution in [3.63, 3.8) is 0 Å². The predicted molar refractivity (Wildman–Crippen MR) is 157 cm³/mol. The average molecular weight is 570 g/mol. The SMILES string of the molecule is COC(=O)c1cc2[nH]c(O)c(C(=Nc3ccc(C(=O)NOCCN4CCNC(=O)C4)cc3)c3ccccc3)c2cc1C. The molecule has 4 N–H and O–H groups in total. The fraction of sp³-hybridized carbons (Fsp3) is 0.226. The van der Waals surface area contributed by atoms with Gasteiger partial charge in [-0.25, -0.2) is 15.3 Å². The summed E-state index contributed by atoms with van der Waals surface area (Å²) in [5.74, 6) is -0.984. The number of aromatic nitrogens is 1. The Labute approximate surface area is 242 Å². The van der Waals surface area contributed by atoms with Crippen molar-refractivity contribution in [1.29, 1.82) is 0 Å². The third kappa shape index (κ3) is 6.32. The number of hydrogen-bond acceptors (Lipinski definition) is 8. The van der Waals surface area contributed by atoms with Crippen LogP contribution in [0.4, 0.5) is 5.69 Å². The number of aromatic hydroxyl groups is 1. The number of methoxy groups -OCH3 is 1. The van der Waals surface area contributed by atoms with E-state index in [1.165, 1.54) is 7.11 Å². The summed E-state index contributed by atoms with van der Waals surface area (Å²) >= 11 is 0. The van der Waals surface area contributed by atoms with E-state index in [4.69, 9.17) is 14.6 Å².